The Bertz CT molecular complexity index is 360. The molecular formula is C19H34O2. The first-order valence-electron chi connectivity index (χ1n) is 9.97. The lowest BCUT2D eigenvalue weighted by molar-refractivity contribution is -0.140. The van der Waals surface area contributed by atoms with Crippen molar-refractivity contribution in [3.05, 3.63) is 24.3 Å². The molecule has 0 aromatic rings. The van der Waals surface area contributed by atoms with Crippen LogP contribution < -0.4 is 0 Å². The molecule has 2 nitrogen and oxygen atoms in total. The molecule has 0 amide bonds. The number of carbonyl (C=O) groups is 1. The molecule has 21 heavy (non-hydrogen) atoms. The summed E-state index contributed by atoms with van der Waals surface area (Å²) in [5, 5.41) is 0. The number of ether oxygens (including phenoxy) is 1. The van der Waals surface area contributed by atoms with E-state index in [1.54, 1.807) is 0 Å². The Labute approximate surface area is 135 Å². The molecule has 0 aromatic carbocycles. The fourth-order valence-electron chi connectivity index (χ4n) is 2.13. The Hall–Kier alpha value is -1.05. The Morgan fingerprint density at radius 1 is 0.905 bits per heavy atom. The molecule has 0 rings (SSSR count). The maximum absolute atomic E-state index is 11.2. The van der Waals surface area contributed by atoms with Crippen LogP contribution in [-0.4, -0.2) is 13.0 Å². The number of hydrogen-bond acceptors (Lipinski definition) is 2. The van der Waals surface area contributed by atoms with Crippen molar-refractivity contribution < 1.29 is 13.6 Å². The van der Waals surface area contributed by atoms with Gasteiger partial charge in [0.25, 0.3) is 0 Å². The topological polar surface area (TPSA) is 26.3 Å². The summed E-state index contributed by atoms with van der Waals surface area (Å²) in [6.45, 7) is 2.22. The molecule has 2 heteroatoms. The number of rotatable bonds is 14. The van der Waals surface area contributed by atoms with Crippen LogP contribution in [0.3, 0.4) is 0 Å². The van der Waals surface area contributed by atoms with Gasteiger partial charge in [-0.25, -0.2) is 0 Å². The van der Waals surface area contributed by atoms with Crippen LogP contribution in [0.4, 0.5) is 0 Å². The van der Waals surface area contributed by atoms with Gasteiger partial charge in [-0.05, 0) is 38.5 Å². The average molecular weight is 297 g/mol. The van der Waals surface area contributed by atoms with Crippen LogP contribution in [0.5, 0.6) is 0 Å². The molecule has 0 fully saturated rings. The second-order valence-electron chi connectivity index (χ2n) is 5.45. The Morgan fingerprint density at radius 2 is 1.52 bits per heavy atom. The van der Waals surface area contributed by atoms with Gasteiger partial charge in [-0.2, -0.15) is 0 Å². The molecule has 0 heterocycles. The quantitative estimate of drug-likeness (QED) is 0.224. The van der Waals surface area contributed by atoms with E-state index in [4.69, 9.17) is 4.11 Å². The van der Waals surface area contributed by atoms with Crippen LogP contribution in [0, 0.1) is 0 Å². The standard InChI is InChI=1S/C19H34O2/c1-3-4-5-6-7-8-9-10-11-12-13-14-15-16-17-18-19(20)21-2/h7-8,10-11H,3-6,9,12-18H2,1-2H3/b8-7-,11-10-/i2D3. The third kappa shape index (κ3) is 16.9. The van der Waals surface area contributed by atoms with Gasteiger partial charge in [-0.1, -0.05) is 63.3 Å². The Balaban J connectivity index is 3.33. The summed E-state index contributed by atoms with van der Waals surface area (Å²) in [7, 11) is -2.60. The van der Waals surface area contributed by atoms with Crippen LogP contribution in [0.25, 0.3) is 0 Å². The number of hydrogen-bond donors (Lipinski definition) is 0. The number of carbonyl (C=O) groups excluding carboxylic acids is 1. The highest BCUT2D eigenvalue weighted by Gasteiger charge is 1.98. The van der Waals surface area contributed by atoms with E-state index in [1.165, 1.54) is 25.7 Å². The van der Waals surface area contributed by atoms with Crippen molar-refractivity contribution in [3.8, 4) is 0 Å². The lowest BCUT2D eigenvalue weighted by Crippen LogP contribution is -1.98. The number of unbranched alkanes of at least 4 members (excludes halogenated alkanes) is 8. The average Bonchev–Trinajstić information content (AvgIpc) is 2.49. The van der Waals surface area contributed by atoms with Gasteiger partial charge in [-0.3, -0.25) is 4.79 Å². The van der Waals surface area contributed by atoms with Gasteiger partial charge in [0.2, 0.25) is 0 Å². The third-order valence-corrected chi connectivity index (χ3v) is 3.45. The number of esters is 1. The van der Waals surface area contributed by atoms with Gasteiger partial charge in [0, 0.05) is 6.42 Å². The summed E-state index contributed by atoms with van der Waals surface area (Å²) in [6.07, 6.45) is 21.4. The highest BCUT2D eigenvalue weighted by molar-refractivity contribution is 5.68. The van der Waals surface area contributed by atoms with Gasteiger partial charge in [-0.15, -0.1) is 0 Å². The molecule has 0 atom stereocenters. The fourth-order valence-corrected chi connectivity index (χ4v) is 2.13. The first kappa shape index (κ1) is 14.9. The van der Waals surface area contributed by atoms with E-state index in [9.17, 15) is 4.79 Å². The van der Waals surface area contributed by atoms with E-state index in [2.05, 4.69) is 36.0 Å². The summed E-state index contributed by atoms with van der Waals surface area (Å²) in [5.74, 6) is -0.624. The van der Waals surface area contributed by atoms with Gasteiger partial charge in [0.1, 0.15) is 0 Å². The molecule has 0 aliphatic heterocycles. The summed E-state index contributed by atoms with van der Waals surface area (Å²) in [5.41, 5.74) is 0. The maximum Gasteiger partial charge on any atom is 0.305 e. The lowest BCUT2D eigenvalue weighted by Gasteiger charge is -1.99. The maximum atomic E-state index is 11.2. The monoisotopic (exact) mass is 297 g/mol. The smallest absolute Gasteiger partial charge is 0.305 e. The lowest BCUT2D eigenvalue weighted by atomic mass is 10.1. The highest BCUT2D eigenvalue weighted by Crippen LogP contribution is 2.08. The molecule has 0 N–H and O–H groups in total. The van der Waals surface area contributed by atoms with Gasteiger partial charge in [0.05, 0.1) is 11.2 Å². The molecule has 0 saturated carbocycles. The molecule has 0 aliphatic rings. The first-order chi connectivity index (χ1) is 11.5. The largest absolute Gasteiger partial charge is 0.469 e. The van der Waals surface area contributed by atoms with E-state index < -0.39 is 13.0 Å². The van der Waals surface area contributed by atoms with Crippen molar-refractivity contribution >= 4 is 5.97 Å². The molecule has 0 aromatic heterocycles. The predicted molar refractivity (Wildman–Crippen MR) is 91.4 cm³/mol. The Morgan fingerprint density at radius 3 is 2.19 bits per heavy atom. The molecule has 0 saturated heterocycles. The number of allylic oxidation sites excluding steroid dienone is 4. The van der Waals surface area contributed by atoms with Crippen molar-refractivity contribution in [2.24, 2.45) is 0 Å². The van der Waals surface area contributed by atoms with Gasteiger partial charge >= 0.3 is 5.97 Å². The molecule has 0 bridgehead atoms. The van der Waals surface area contributed by atoms with Crippen LogP contribution >= 0.6 is 0 Å². The van der Waals surface area contributed by atoms with Crippen LogP contribution in [-0.2, 0) is 9.53 Å². The molecular weight excluding hydrogens is 260 g/mol. The summed E-state index contributed by atoms with van der Waals surface area (Å²) in [4.78, 5) is 11.2. The SMILES string of the molecule is [2H]C([2H])([2H])OC(=O)CCCCCCC/C=C\C/C=C\CCCCC. The van der Waals surface area contributed by atoms with E-state index in [-0.39, 0.29) is 6.42 Å². The zero-order valence-corrected chi connectivity index (χ0v) is 13.6. The molecule has 0 spiro atoms. The predicted octanol–water partition coefficient (Wildman–Crippen LogP) is 5.97. The first-order valence-corrected chi connectivity index (χ1v) is 8.47. The second-order valence-corrected chi connectivity index (χ2v) is 5.45. The summed E-state index contributed by atoms with van der Waals surface area (Å²) < 4.78 is 24.8. The minimum absolute atomic E-state index is 0.197. The summed E-state index contributed by atoms with van der Waals surface area (Å²) >= 11 is 0. The van der Waals surface area contributed by atoms with E-state index in [1.807, 2.05) is 0 Å². The molecule has 0 aliphatic carbocycles. The minimum atomic E-state index is -2.60. The Kier molecular flexibility index (Phi) is 12.0. The fraction of sp³-hybridized carbons (Fsp3) is 0.737. The third-order valence-electron chi connectivity index (χ3n) is 3.45. The van der Waals surface area contributed by atoms with Crippen molar-refractivity contribution in [2.45, 2.75) is 84.0 Å². The zero-order chi connectivity index (χ0) is 18.1. The van der Waals surface area contributed by atoms with Crippen LogP contribution in [0.15, 0.2) is 24.3 Å². The minimum Gasteiger partial charge on any atom is -0.469 e. The normalized spacial score (nSPS) is 14.2. The van der Waals surface area contributed by atoms with Gasteiger partial charge in [0.15, 0.2) is 0 Å². The van der Waals surface area contributed by atoms with E-state index >= 15 is 0 Å². The van der Waals surface area contributed by atoms with E-state index in [0.29, 0.717) is 6.42 Å². The van der Waals surface area contributed by atoms with Crippen LogP contribution in [0.2, 0.25) is 0 Å². The zero-order valence-electron chi connectivity index (χ0n) is 16.6. The molecule has 0 unspecified atom stereocenters. The highest BCUT2D eigenvalue weighted by atomic mass is 16.5. The van der Waals surface area contributed by atoms with Crippen molar-refractivity contribution in [3.63, 3.8) is 0 Å². The molecule has 122 valence electrons. The van der Waals surface area contributed by atoms with Crippen molar-refractivity contribution in [1.82, 2.24) is 0 Å². The van der Waals surface area contributed by atoms with Crippen LogP contribution in [0.1, 0.15) is 88.1 Å². The van der Waals surface area contributed by atoms with Gasteiger partial charge < -0.3 is 4.74 Å². The summed E-state index contributed by atoms with van der Waals surface area (Å²) in [6, 6.07) is 0. The molecule has 0 radical (unpaired) electrons. The number of methoxy groups -OCH3 is 1. The second kappa shape index (κ2) is 17.0. The van der Waals surface area contributed by atoms with E-state index in [0.717, 1.165) is 38.5 Å². The van der Waals surface area contributed by atoms with Crippen molar-refractivity contribution in [1.29, 1.82) is 0 Å². The van der Waals surface area contributed by atoms with Crippen molar-refractivity contribution in [2.75, 3.05) is 7.04 Å².